The summed E-state index contributed by atoms with van der Waals surface area (Å²) in [6.45, 7) is 8.57. The zero-order valence-corrected chi connectivity index (χ0v) is 13.4. The number of nitrogens with zero attached hydrogens (tertiary/aromatic N) is 2. The number of likely N-dealkylation sites (tertiary alicyclic amines) is 1. The number of amides is 1. The molecule has 0 N–H and O–H groups in total. The van der Waals surface area contributed by atoms with Gasteiger partial charge in [0.25, 0.3) is 5.91 Å². The first kappa shape index (κ1) is 14.6. The van der Waals surface area contributed by atoms with E-state index in [4.69, 9.17) is 4.52 Å². The maximum absolute atomic E-state index is 12.7. The van der Waals surface area contributed by atoms with Gasteiger partial charge in [0.1, 0.15) is 5.76 Å². The molecule has 0 aromatic carbocycles. The van der Waals surface area contributed by atoms with Gasteiger partial charge in [-0.1, -0.05) is 25.9 Å². The molecule has 1 aliphatic carbocycles. The number of hydrogen-bond donors (Lipinski definition) is 0. The van der Waals surface area contributed by atoms with E-state index in [9.17, 15) is 4.79 Å². The minimum atomic E-state index is 0.0780. The lowest BCUT2D eigenvalue weighted by atomic mass is 9.71. The van der Waals surface area contributed by atoms with E-state index in [0.29, 0.717) is 11.6 Å². The van der Waals surface area contributed by atoms with Crippen molar-refractivity contribution in [1.29, 1.82) is 0 Å². The molecular weight excluding hydrogens is 264 g/mol. The fraction of sp³-hybridized carbons (Fsp3) is 0.765. The second-order valence-corrected chi connectivity index (χ2v) is 7.59. The summed E-state index contributed by atoms with van der Waals surface area (Å²) in [5.74, 6) is 1.61. The Bertz CT molecular complexity index is 521. The summed E-state index contributed by atoms with van der Waals surface area (Å²) in [7, 11) is 0. The molecule has 0 spiro atoms. The van der Waals surface area contributed by atoms with Crippen molar-refractivity contribution in [1.82, 2.24) is 10.1 Å². The van der Waals surface area contributed by atoms with Gasteiger partial charge in [0.2, 0.25) is 0 Å². The predicted molar refractivity (Wildman–Crippen MR) is 81.2 cm³/mol. The quantitative estimate of drug-likeness (QED) is 0.796. The van der Waals surface area contributed by atoms with E-state index in [1.165, 1.54) is 6.42 Å². The van der Waals surface area contributed by atoms with E-state index < -0.39 is 0 Å². The molecule has 4 heteroatoms. The van der Waals surface area contributed by atoms with E-state index in [2.05, 4.69) is 25.9 Å². The highest BCUT2D eigenvalue weighted by molar-refractivity contribution is 5.94. The van der Waals surface area contributed by atoms with E-state index in [-0.39, 0.29) is 11.3 Å². The molecular formula is C17H26N2O2. The van der Waals surface area contributed by atoms with Gasteiger partial charge in [-0.3, -0.25) is 4.79 Å². The SMILES string of the molecule is CC(C)(C)[C@H]1CCc2onc(C(=O)N3CCCCC3)c2C1. The molecule has 21 heavy (non-hydrogen) atoms. The Morgan fingerprint density at radius 3 is 2.62 bits per heavy atom. The average molecular weight is 290 g/mol. The van der Waals surface area contributed by atoms with Gasteiger partial charge < -0.3 is 9.42 Å². The third-order valence-corrected chi connectivity index (χ3v) is 5.11. The number of hydrogen-bond acceptors (Lipinski definition) is 3. The molecule has 2 aliphatic rings. The minimum absolute atomic E-state index is 0.0780. The monoisotopic (exact) mass is 290 g/mol. The minimum Gasteiger partial charge on any atom is -0.360 e. The van der Waals surface area contributed by atoms with Crippen LogP contribution in [0.4, 0.5) is 0 Å². The van der Waals surface area contributed by atoms with Gasteiger partial charge in [-0.2, -0.15) is 0 Å². The van der Waals surface area contributed by atoms with Crippen LogP contribution in [0.5, 0.6) is 0 Å². The van der Waals surface area contributed by atoms with Gasteiger partial charge in [0.05, 0.1) is 0 Å². The molecule has 3 rings (SSSR count). The summed E-state index contributed by atoms with van der Waals surface area (Å²) in [4.78, 5) is 14.6. The summed E-state index contributed by atoms with van der Waals surface area (Å²) in [6.07, 6.45) is 6.41. The molecule has 1 saturated heterocycles. The lowest BCUT2D eigenvalue weighted by Gasteiger charge is -2.33. The molecule has 1 aliphatic heterocycles. The predicted octanol–water partition coefficient (Wildman–Crippen LogP) is 3.45. The number of carbonyl (C=O) groups is 1. The Morgan fingerprint density at radius 2 is 1.95 bits per heavy atom. The zero-order chi connectivity index (χ0) is 15.0. The van der Waals surface area contributed by atoms with Gasteiger partial charge in [-0.15, -0.1) is 0 Å². The molecule has 0 radical (unpaired) electrons. The van der Waals surface area contributed by atoms with Crippen molar-refractivity contribution in [3.05, 3.63) is 17.0 Å². The molecule has 0 bridgehead atoms. The van der Waals surface area contributed by atoms with E-state index in [1.807, 2.05) is 4.90 Å². The van der Waals surface area contributed by atoms with Crippen molar-refractivity contribution in [3.8, 4) is 0 Å². The smallest absolute Gasteiger partial charge is 0.276 e. The van der Waals surface area contributed by atoms with Crippen LogP contribution >= 0.6 is 0 Å². The molecule has 2 heterocycles. The highest BCUT2D eigenvalue weighted by Gasteiger charge is 2.35. The topological polar surface area (TPSA) is 46.3 Å². The first-order valence-electron chi connectivity index (χ1n) is 8.23. The molecule has 4 nitrogen and oxygen atoms in total. The van der Waals surface area contributed by atoms with Crippen LogP contribution in [0.25, 0.3) is 0 Å². The Hall–Kier alpha value is -1.32. The lowest BCUT2D eigenvalue weighted by Crippen LogP contribution is -2.37. The number of fused-ring (bicyclic) bond motifs is 1. The Morgan fingerprint density at radius 1 is 1.24 bits per heavy atom. The van der Waals surface area contributed by atoms with Gasteiger partial charge >= 0.3 is 0 Å². The number of piperidine rings is 1. The summed E-state index contributed by atoms with van der Waals surface area (Å²) in [5.41, 5.74) is 1.93. The highest BCUT2D eigenvalue weighted by atomic mass is 16.5. The van der Waals surface area contributed by atoms with E-state index in [1.54, 1.807) is 0 Å². The van der Waals surface area contributed by atoms with Crippen LogP contribution < -0.4 is 0 Å². The molecule has 116 valence electrons. The normalized spacial score (nSPS) is 23.0. The maximum atomic E-state index is 12.7. The third kappa shape index (κ3) is 2.85. The molecule has 1 atom stereocenters. The van der Waals surface area contributed by atoms with Crippen LogP contribution in [-0.4, -0.2) is 29.1 Å². The Kier molecular flexibility index (Phi) is 3.80. The van der Waals surface area contributed by atoms with Gasteiger partial charge in [0.15, 0.2) is 5.69 Å². The van der Waals surface area contributed by atoms with Gasteiger partial charge in [-0.25, -0.2) is 0 Å². The number of aryl methyl sites for hydroxylation is 1. The standard InChI is InChI=1S/C17H26N2O2/c1-17(2,3)12-7-8-14-13(11-12)15(18-21-14)16(20)19-9-5-4-6-10-19/h12H,4-11H2,1-3H3/t12-/m0/s1. The van der Waals surface area contributed by atoms with Crippen LogP contribution in [0.1, 0.15) is 68.3 Å². The summed E-state index contributed by atoms with van der Waals surface area (Å²) < 4.78 is 5.46. The number of aromatic nitrogens is 1. The lowest BCUT2D eigenvalue weighted by molar-refractivity contribution is 0.0712. The summed E-state index contributed by atoms with van der Waals surface area (Å²) in [5, 5.41) is 4.12. The number of carbonyl (C=O) groups excluding carboxylic acids is 1. The van der Waals surface area contributed by atoms with E-state index >= 15 is 0 Å². The van der Waals surface area contributed by atoms with Crippen molar-refractivity contribution < 1.29 is 9.32 Å². The average Bonchev–Trinajstić information content (AvgIpc) is 2.89. The van der Waals surface area contributed by atoms with Gasteiger partial charge in [-0.05, 0) is 43.4 Å². The second-order valence-electron chi connectivity index (χ2n) is 7.59. The fourth-order valence-corrected chi connectivity index (χ4v) is 3.56. The molecule has 0 saturated carbocycles. The van der Waals surface area contributed by atoms with Crippen molar-refractivity contribution in [2.45, 2.75) is 59.3 Å². The Balaban J connectivity index is 1.82. The van der Waals surface area contributed by atoms with Crippen LogP contribution in [-0.2, 0) is 12.8 Å². The third-order valence-electron chi connectivity index (χ3n) is 5.11. The number of rotatable bonds is 1. The zero-order valence-electron chi connectivity index (χ0n) is 13.4. The first-order chi connectivity index (χ1) is 9.97. The summed E-state index contributed by atoms with van der Waals surface area (Å²) >= 11 is 0. The van der Waals surface area contributed by atoms with Crippen molar-refractivity contribution in [3.63, 3.8) is 0 Å². The van der Waals surface area contributed by atoms with Crippen LogP contribution in [0.3, 0.4) is 0 Å². The van der Waals surface area contributed by atoms with Crippen LogP contribution in [0.15, 0.2) is 4.52 Å². The highest BCUT2D eigenvalue weighted by Crippen LogP contribution is 2.38. The Labute approximate surface area is 126 Å². The molecule has 1 aromatic rings. The summed E-state index contributed by atoms with van der Waals surface area (Å²) in [6, 6.07) is 0. The van der Waals surface area contributed by atoms with Crippen LogP contribution in [0, 0.1) is 11.3 Å². The molecule has 1 amide bonds. The van der Waals surface area contributed by atoms with E-state index in [0.717, 1.165) is 56.5 Å². The van der Waals surface area contributed by atoms with Crippen molar-refractivity contribution in [2.24, 2.45) is 11.3 Å². The maximum Gasteiger partial charge on any atom is 0.276 e. The molecule has 1 fully saturated rings. The molecule has 0 unspecified atom stereocenters. The van der Waals surface area contributed by atoms with Gasteiger partial charge in [0, 0.05) is 25.1 Å². The molecule has 1 aromatic heterocycles. The second kappa shape index (κ2) is 5.47. The van der Waals surface area contributed by atoms with Crippen molar-refractivity contribution >= 4 is 5.91 Å². The first-order valence-corrected chi connectivity index (χ1v) is 8.23. The van der Waals surface area contributed by atoms with Crippen LogP contribution in [0.2, 0.25) is 0 Å². The largest absolute Gasteiger partial charge is 0.360 e. The van der Waals surface area contributed by atoms with Crippen molar-refractivity contribution in [2.75, 3.05) is 13.1 Å². The fourth-order valence-electron chi connectivity index (χ4n) is 3.56.